The SMILES string of the molecule is Cc1cc(=O)c2c3cc4c(cc3c3cccc1c3=2)C=CC=4. The molecule has 0 N–H and O–H groups in total. The third-order valence-electron chi connectivity index (χ3n) is 4.67. The molecule has 0 heterocycles. The molecule has 3 aliphatic carbocycles. The minimum absolute atomic E-state index is 0.136. The number of rotatable bonds is 0. The Labute approximate surface area is 120 Å². The first-order valence-corrected chi connectivity index (χ1v) is 7.17. The van der Waals surface area contributed by atoms with Crippen LogP contribution in [0, 0.1) is 17.4 Å². The van der Waals surface area contributed by atoms with E-state index in [0.29, 0.717) is 0 Å². The van der Waals surface area contributed by atoms with Crippen LogP contribution in [0.3, 0.4) is 0 Å². The molecule has 21 heavy (non-hydrogen) atoms. The molecular formula is C20H12O. The number of allylic oxidation sites excluding steroid dienone is 1. The van der Waals surface area contributed by atoms with Gasteiger partial charge in [-0.3, -0.25) is 4.79 Å². The van der Waals surface area contributed by atoms with Gasteiger partial charge in [-0.15, -0.1) is 0 Å². The highest BCUT2D eigenvalue weighted by Crippen LogP contribution is 2.29. The van der Waals surface area contributed by atoms with Crippen LogP contribution in [0.5, 0.6) is 0 Å². The second kappa shape index (κ2) is 3.50. The molecule has 2 aromatic carbocycles. The summed E-state index contributed by atoms with van der Waals surface area (Å²) in [5.41, 5.74) is 2.44. The molecule has 3 aliphatic rings. The van der Waals surface area contributed by atoms with Crippen LogP contribution in [0.4, 0.5) is 0 Å². The van der Waals surface area contributed by atoms with E-state index in [-0.39, 0.29) is 5.43 Å². The average molecular weight is 268 g/mol. The smallest absolute Gasteiger partial charge is 0.187 e. The second-order valence-electron chi connectivity index (χ2n) is 5.85. The standard InChI is InChI=1S/C20H12O/c1-11-8-18(21)20-17-10-13-5-2-4-12(13)9-16(17)15-7-3-6-14(11)19(15)20/h2-10H,1H3. The predicted octanol–water partition coefficient (Wildman–Crippen LogP) is 3.35. The van der Waals surface area contributed by atoms with Crippen molar-refractivity contribution in [2.45, 2.75) is 6.92 Å². The minimum atomic E-state index is 0.136. The average Bonchev–Trinajstić information content (AvgIpc) is 3.05. The molecule has 0 aromatic heterocycles. The molecular weight excluding hydrogens is 256 g/mol. The molecule has 2 aromatic rings. The van der Waals surface area contributed by atoms with Crippen molar-refractivity contribution < 1.29 is 0 Å². The van der Waals surface area contributed by atoms with Crippen LogP contribution >= 0.6 is 0 Å². The molecule has 1 heteroatoms. The van der Waals surface area contributed by atoms with Gasteiger partial charge in [-0.25, -0.2) is 0 Å². The summed E-state index contributed by atoms with van der Waals surface area (Å²) in [7, 11) is 0. The first-order chi connectivity index (χ1) is 10.2. The van der Waals surface area contributed by atoms with Crippen molar-refractivity contribution in [1.82, 2.24) is 0 Å². The summed E-state index contributed by atoms with van der Waals surface area (Å²) >= 11 is 0. The van der Waals surface area contributed by atoms with Crippen LogP contribution in [-0.2, 0) is 0 Å². The summed E-state index contributed by atoms with van der Waals surface area (Å²) in [6.45, 7) is 2.02. The van der Waals surface area contributed by atoms with Gasteiger partial charge in [-0.2, -0.15) is 0 Å². The molecule has 0 saturated carbocycles. The topological polar surface area (TPSA) is 17.1 Å². The minimum Gasteiger partial charge on any atom is -0.289 e. The Kier molecular flexibility index (Phi) is 1.84. The molecule has 98 valence electrons. The van der Waals surface area contributed by atoms with E-state index in [1.807, 2.05) is 6.92 Å². The fourth-order valence-electron chi connectivity index (χ4n) is 3.72. The molecule has 0 unspecified atom stereocenters. The summed E-state index contributed by atoms with van der Waals surface area (Å²) in [5.74, 6) is 0. The Morgan fingerprint density at radius 3 is 2.62 bits per heavy atom. The lowest BCUT2D eigenvalue weighted by Crippen LogP contribution is -2.04. The fraction of sp³-hybridized carbons (Fsp3) is 0.0500. The molecule has 0 bridgehead atoms. The van der Waals surface area contributed by atoms with Gasteiger partial charge in [0, 0.05) is 10.4 Å². The van der Waals surface area contributed by atoms with Gasteiger partial charge in [0.2, 0.25) is 0 Å². The molecule has 5 rings (SSSR count). The maximum Gasteiger partial charge on any atom is 0.187 e. The predicted molar refractivity (Wildman–Crippen MR) is 87.7 cm³/mol. The van der Waals surface area contributed by atoms with Crippen molar-refractivity contribution in [3.05, 3.63) is 79.5 Å². The summed E-state index contributed by atoms with van der Waals surface area (Å²) in [6.07, 6.45) is 6.30. The lowest BCUT2D eigenvalue weighted by atomic mass is 10.0. The van der Waals surface area contributed by atoms with Crippen LogP contribution in [0.25, 0.3) is 33.7 Å². The van der Waals surface area contributed by atoms with Gasteiger partial charge in [0.25, 0.3) is 0 Å². The Bertz CT molecular complexity index is 1250. The maximum absolute atomic E-state index is 12.6. The zero-order chi connectivity index (χ0) is 14.1. The van der Waals surface area contributed by atoms with Crippen LogP contribution in [0.2, 0.25) is 0 Å². The third-order valence-corrected chi connectivity index (χ3v) is 4.67. The van der Waals surface area contributed by atoms with E-state index in [0.717, 1.165) is 21.4 Å². The van der Waals surface area contributed by atoms with Crippen LogP contribution < -0.4 is 10.6 Å². The summed E-state index contributed by atoms with van der Waals surface area (Å²) in [5, 5.41) is 7.88. The van der Waals surface area contributed by atoms with E-state index in [1.54, 1.807) is 6.07 Å². The maximum atomic E-state index is 12.6. The molecule has 0 amide bonds. The molecule has 0 atom stereocenters. The van der Waals surface area contributed by atoms with Crippen LogP contribution in [0.1, 0.15) is 11.1 Å². The van der Waals surface area contributed by atoms with E-state index >= 15 is 0 Å². The molecule has 0 saturated heterocycles. The summed E-state index contributed by atoms with van der Waals surface area (Å²) in [4.78, 5) is 12.6. The lowest BCUT2D eigenvalue weighted by Gasteiger charge is -1.99. The van der Waals surface area contributed by atoms with Crippen molar-refractivity contribution >= 4 is 33.7 Å². The molecule has 0 fully saturated rings. The highest BCUT2D eigenvalue weighted by Gasteiger charge is 2.13. The van der Waals surface area contributed by atoms with Crippen molar-refractivity contribution in [3.63, 3.8) is 0 Å². The Balaban J connectivity index is 2.27. The van der Waals surface area contributed by atoms with Crippen LogP contribution in [0.15, 0.2) is 47.3 Å². The number of hydrogen-bond donors (Lipinski definition) is 0. The van der Waals surface area contributed by atoms with Crippen molar-refractivity contribution in [2.75, 3.05) is 0 Å². The fourth-order valence-corrected chi connectivity index (χ4v) is 3.72. The zero-order valence-corrected chi connectivity index (χ0v) is 11.6. The molecule has 1 nitrogen and oxygen atoms in total. The number of hydrogen-bond acceptors (Lipinski definition) is 1. The Morgan fingerprint density at radius 2 is 1.71 bits per heavy atom. The molecule has 0 radical (unpaired) electrons. The van der Waals surface area contributed by atoms with Gasteiger partial charge in [-0.1, -0.05) is 36.4 Å². The normalized spacial score (nSPS) is 13.4. The van der Waals surface area contributed by atoms with Gasteiger partial charge < -0.3 is 0 Å². The zero-order valence-electron chi connectivity index (χ0n) is 11.6. The quantitative estimate of drug-likeness (QED) is 0.478. The highest BCUT2D eigenvalue weighted by atomic mass is 16.1. The van der Waals surface area contributed by atoms with Gasteiger partial charge in [0.1, 0.15) is 0 Å². The lowest BCUT2D eigenvalue weighted by molar-refractivity contribution is 1.42. The largest absolute Gasteiger partial charge is 0.289 e. The van der Waals surface area contributed by atoms with Crippen molar-refractivity contribution in [3.8, 4) is 0 Å². The summed E-state index contributed by atoms with van der Waals surface area (Å²) < 4.78 is 0. The molecule has 0 spiro atoms. The van der Waals surface area contributed by atoms with Crippen molar-refractivity contribution in [2.24, 2.45) is 0 Å². The van der Waals surface area contributed by atoms with E-state index in [9.17, 15) is 4.79 Å². The number of fused-ring (bicyclic) bond motifs is 4. The van der Waals surface area contributed by atoms with Gasteiger partial charge >= 0.3 is 0 Å². The van der Waals surface area contributed by atoms with Gasteiger partial charge in [0.15, 0.2) is 5.43 Å². The number of benzene rings is 2. The number of aryl methyl sites for hydroxylation is 1. The Morgan fingerprint density at radius 1 is 0.857 bits per heavy atom. The van der Waals surface area contributed by atoms with Gasteiger partial charge in [0.05, 0.1) is 0 Å². The molecule has 0 aliphatic heterocycles. The van der Waals surface area contributed by atoms with Crippen molar-refractivity contribution in [1.29, 1.82) is 0 Å². The second-order valence-corrected chi connectivity index (χ2v) is 5.85. The van der Waals surface area contributed by atoms with Crippen LogP contribution in [-0.4, -0.2) is 0 Å². The summed E-state index contributed by atoms with van der Waals surface area (Å²) in [6, 6.07) is 12.5. The van der Waals surface area contributed by atoms with E-state index < -0.39 is 0 Å². The van der Waals surface area contributed by atoms with E-state index in [1.165, 1.54) is 26.9 Å². The van der Waals surface area contributed by atoms with Gasteiger partial charge in [-0.05, 0) is 63.0 Å². The van der Waals surface area contributed by atoms with E-state index in [4.69, 9.17) is 0 Å². The monoisotopic (exact) mass is 268 g/mol. The Hall–Kier alpha value is -2.67. The first kappa shape index (κ1) is 11.0. The van der Waals surface area contributed by atoms with E-state index in [2.05, 4.69) is 48.6 Å². The first-order valence-electron chi connectivity index (χ1n) is 7.17. The third kappa shape index (κ3) is 1.24. The highest BCUT2D eigenvalue weighted by molar-refractivity contribution is 6.05.